The van der Waals surface area contributed by atoms with E-state index in [0.29, 0.717) is 35.4 Å². The van der Waals surface area contributed by atoms with Gasteiger partial charge in [0.15, 0.2) is 0 Å². The fourth-order valence-corrected chi connectivity index (χ4v) is 6.13. The van der Waals surface area contributed by atoms with E-state index in [4.69, 9.17) is 15.2 Å². The van der Waals surface area contributed by atoms with E-state index in [9.17, 15) is 22.0 Å². The molecule has 2 aliphatic rings. The van der Waals surface area contributed by atoms with Crippen molar-refractivity contribution in [3.63, 3.8) is 0 Å². The van der Waals surface area contributed by atoms with Gasteiger partial charge in [0.2, 0.25) is 15.8 Å². The first-order valence-corrected chi connectivity index (χ1v) is 14.5. The zero-order valence-corrected chi connectivity index (χ0v) is 23.1. The van der Waals surface area contributed by atoms with Crippen LogP contribution in [-0.4, -0.2) is 62.4 Å². The van der Waals surface area contributed by atoms with Crippen molar-refractivity contribution in [3.8, 4) is 17.2 Å². The number of piperazine rings is 1. The number of hydrogen-bond donors (Lipinski definition) is 1. The van der Waals surface area contributed by atoms with E-state index in [0.717, 1.165) is 29.7 Å². The minimum atomic E-state index is -3.64. The van der Waals surface area contributed by atoms with Crippen molar-refractivity contribution in [2.45, 2.75) is 25.5 Å². The van der Waals surface area contributed by atoms with Crippen molar-refractivity contribution >= 4 is 21.4 Å². The van der Waals surface area contributed by atoms with Crippen LogP contribution < -0.4 is 25.7 Å². The number of nitrogen functional groups attached to an aromatic ring is 1. The maximum Gasteiger partial charge on any atom is 0.316 e. The second-order valence-corrected chi connectivity index (χ2v) is 12.5. The first-order chi connectivity index (χ1) is 19.0. The van der Waals surface area contributed by atoms with Crippen molar-refractivity contribution in [1.82, 2.24) is 14.1 Å². The lowest BCUT2D eigenvalue weighted by atomic mass is 10.2. The summed E-state index contributed by atoms with van der Waals surface area (Å²) >= 11 is 0. The summed E-state index contributed by atoms with van der Waals surface area (Å²) in [6.45, 7) is 3.30. The average Bonchev–Trinajstić information content (AvgIpc) is 3.64. The molecular formula is C27H31F2N5O5S. The van der Waals surface area contributed by atoms with Crippen LogP contribution in [0.2, 0.25) is 0 Å². The van der Waals surface area contributed by atoms with Crippen LogP contribution in [-0.2, 0) is 15.8 Å². The number of benzene rings is 2. The van der Waals surface area contributed by atoms with Crippen molar-refractivity contribution in [3.05, 3.63) is 70.1 Å². The number of hydrogen-bond acceptors (Lipinski definition) is 8. The molecule has 0 radical (unpaired) electrons. The molecule has 2 N–H and O–H groups in total. The number of nitrogens with two attached hydrogens (primary N) is 1. The molecular weight excluding hydrogens is 544 g/mol. The van der Waals surface area contributed by atoms with Crippen LogP contribution in [0, 0.1) is 17.0 Å². The van der Waals surface area contributed by atoms with Gasteiger partial charge in [0.1, 0.15) is 23.1 Å². The highest BCUT2D eigenvalue weighted by Crippen LogP contribution is 2.45. The summed E-state index contributed by atoms with van der Waals surface area (Å²) in [5.41, 5.74) is 6.49. The zero-order valence-electron chi connectivity index (χ0n) is 22.3. The minimum Gasteiger partial charge on any atom is -0.495 e. The van der Waals surface area contributed by atoms with E-state index in [2.05, 4.69) is 12.0 Å². The Morgan fingerprint density at radius 2 is 1.73 bits per heavy atom. The van der Waals surface area contributed by atoms with Crippen LogP contribution in [0.15, 0.2) is 47.4 Å². The van der Waals surface area contributed by atoms with Crippen molar-refractivity contribution in [2.75, 3.05) is 50.5 Å². The maximum absolute atomic E-state index is 13.9. The van der Waals surface area contributed by atoms with Crippen LogP contribution in [0.3, 0.4) is 0 Å². The van der Waals surface area contributed by atoms with E-state index in [-0.39, 0.29) is 48.8 Å². The van der Waals surface area contributed by atoms with Gasteiger partial charge in [-0.2, -0.15) is 14.1 Å². The fraction of sp³-hybridized carbons (Fsp3) is 0.407. The highest BCUT2D eigenvalue weighted by molar-refractivity contribution is 7.88. The number of sulfonamides is 1. The molecule has 40 heavy (non-hydrogen) atoms. The van der Waals surface area contributed by atoms with E-state index in [1.165, 1.54) is 17.6 Å². The molecule has 0 unspecified atom stereocenters. The minimum absolute atomic E-state index is 0.0119. The topological polar surface area (TPSA) is 120 Å². The summed E-state index contributed by atoms with van der Waals surface area (Å²) in [5.74, 6) is -1.40. The fourth-order valence-electron chi connectivity index (χ4n) is 4.62. The van der Waals surface area contributed by atoms with E-state index < -0.39 is 27.2 Å². The molecule has 0 spiro atoms. The van der Waals surface area contributed by atoms with Crippen LogP contribution in [0.25, 0.3) is 5.69 Å². The highest BCUT2D eigenvalue weighted by Gasteiger charge is 2.39. The van der Waals surface area contributed by atoms with Crippen LogP contribution in [0.4, 0.5) is 20.2 Å². The van der Waals surface area contributed by atoms with Gasteiger partial charge in [-0.15, -0.1) is 0 Å². The third kappa shape index (κ3) is 5.89. The molecule has 1 saturated heterocycles. The number of ether oxygens (including phenoxy) is 2. The van der Waals surface area contributed by atoms with Gasteiger partial charge in [0, 0.05) is 37.7 Å². The molecule has 5 rings (SSSR count). The lowest BCUT2D eigenvalue weighted by molar-refractivity contribution is 0.242. The first kappa shape index (κ1) is 27.8. The summed E-state index contributed by atoms with van der Waals surface area (Å²) in [5, 5.41) is 4.17. The highest BCUT2D eigenvalue weighted by atomic mass is 32.2. The molecule has 13 heteroatoms. The zero-order chi connectivity index (χ0) is 28.7. The number of nitrogens with zero attached hydrogens (tertiary/aromatic N) is 4. The van der Waals surface area contributed by atoms with Gasteiger partial charge in [0.25, 0.3) is 0 Å². The van der Waals surface area contributed by atoms with Crippen LogP contribution >= 0.6 is 0 Å². The second kappa shape index (κ2) is 10.7. The van der Waals surface area contributed by atoms with E-state index in [1.54, 1.807) is 18.2 Å². The van der Waals surface area contributed by atoms with Gasteiger partial charge >= 0.3 is 5.56 Å². The largest absolute Gasteiger partial charge is 0.495 e. The van der Waals surface area contributed by atoms with Gasteiger partial charge in [0.05, 0.1) is 37.0 Å². The van der Waals surface area contributed by atoms with Gasteiger partial charge in [-0.3, -0.25) is 4.79 Å². The van der Waals surface area contributed by atoms with Crippen LogP contribution in [0.5, 0.6) is 11.5 Å². The quantitative estimate of drug-likeness (QED) is 0.387. The van der Waals surface area contributed by atoms with E-state index in [1.807, 2.05) is 4.90 Å². The standard InChI is InChI=1S/C27H31F2N5O5S/c1-27(5-6-27)17-39-25-23(15-31-34(26(25)35)21-13-19(28)12-20(29)14-21)32-7-9-33(10-8-32)40(36,37)16-18-3-4-24(38-2)22(30)11-18/h3-4,11-15H,5-10,16-17,30H2,1-2H3. The molecule has 0 atom stereocenters. The second-order valence-electron chi connectivity index (χ2n) is 10.5. The normalized spacial score (nSPS) is 17.1. The Hall–Kier alpha value is -3.71. The predicted molar refractivity (Wildman–Crippen MR) is 146 cm³/mol. The Morgan fingerprint density at radius 3 is 2.33 bits per heavy atom. The molecule has 1 aliphatic carbocycles. The Bertz CT molecular complexity index is 1560. The van der Waals surface area contributed by atoms with Gasteiger partial charge in [-0.05, 0) is 42.7 Å². The number of aromatic nitrogens is 2. The molecule has 214 valence electrons. The predicted octanol–water partition coefficient (Wildman–Crippen LogP) is 2.93. The Kier molecular flexibility index (Phi) is 7.44. The smallest absolute Gasteiger partial charge is 0.316 e. The molecule has 1 saturated carbocycles. The third-order valence-corrected chi connectivity index (χ3v) is 9.14. The molecule has 3 aromatic rings. The molecule has 10 nitrogen and oxygen atoms in total. The molecule has 0 amide bonds. The molecule has 0 bridgehead atoms. The summed E-state index contributed by atoms with van der Waals surface area (Å²) < 4.78 is 67.5. The maximum atomic E-state index is 13.9. The van der Waals surface area contributed by atoms with Crippen LogP contribution in [0.1, 0.15) is 25.3 Å². The Labute approximate surface area is 231 Å². The summed E-state index contributed by atoms with van der Waals surface area (Å²) in [6, 6.07) is 7.63. The number of methoxy groups -OCH3 is 1. The molecule has 2 fully saturated rings. The average molecular weight is 576 g/mol. The van der Waals surface area contributed by atoms with Crippen molar-refractivity contribution < 1.29 is 26.7 Å². The monoisotopic (exact) mass is 575 g/mol. The molecule has 2 aromatic carbocycles. The SMILES string of the molecule is COc1ccc(CS(=O)(=O)N2CCN(c3cnn(-c4cc(F)cc(F)c4)c(=O)c3OCC3(C)CC3)CC2)cc1N. The Balaban J connectivity index is 1.36. The Morgan fingerprint density at radius 1 is 1.05 bits per heavy atom. The van der Waals surface area contributed by atoms with Crippen molar-refractivity contribution in [1.29, 1.82) is 0 Å². The molecule has 1 aliphatic heterocycles. The number of rotatable bonds is 9. The van der Waals surface area contributed by atoms with Gasteiger partial charge < -0.3 is 20.1 Å². The summed E-state index contributed by atoms with van der Waals surface area (Å²) in [6.07, 6.45) is 3.35. The third-order valence-electron chi connectivity index (χ3n) is 7.29. The number of halogens is 2. The summed E-state index contributed by atoms with van der Waals surface area (Å²) in [4.78, 5) is 15.3. The number of anilines is 2. The van der Waals surface area contributed by atoms with Gasteiger partial charge in [-0.25, -0.2) is 17.2 Å². The molecule has 1 aromatic heterocycles. The van der Waals surface area contributed by atoms with E-state index >= 15 is 0 Å². The first-order valence-electron chi connectivity index (χ1n) is 12.8. The lowest BCUT2D eigenvalue weighted by Crippen LogP contribution is -2.49. The van der Waals surface area contributed by atoms with Crippen molar-refractivity contribution in [2.24, 2.45) is 5.41 Å². The molecule has 2 heterocycles. The lowest BCUT2D eigenvalue weighted by Gasteiger charge is -2.35. The summed E-state index contributed by atoms with van der Waals surface area (Å²) in [7, 11) is -2.15. The van der Waals surface area contributed by atoms with Gasteiger partial charge in [-0.1, -0.05) is 13.0 Å².